The van der Waals surface area contributed by atoms with Gasteiger partial charge in [-0.25, -0.2) is 0 Å². The van der Waals surface area contributed by atoms with Crippen LogP contribution in [0.1, 0.15) is 35.5 Å². The average molecular weight is 468 g/mol. The minimum absolute atomic E-state index is 0.465. The minimum atomic E-state index is -1.31. The first kappa shape index (κ1) is 34.7. The number of hydrogen-bond acceptors (Lipinski definition) is 9. The second kappa shape index (κ2) is 33.8. The molecule has 0 unspecified atom stereocenters. The highest BCUT2D eigenvalue weighted by Gasteiger charge is 2.18. The molecule has 16 heteroatoms. The van der Waals surface area contributed by atoms with Crippen LogP contribution in [0.2, 0.25) is 2.82 Å². The van der Waals surface area contributed by atoms with Gasteiger partial charge < -0.3 is 48.5 Å². The zero-order chi connectivity index (χ0) is 29.4. The van der Waals surface area contributed by atoms with Crippen molar-refractivity contribution in [1.82, 2.24) is 0 Å². The molecule has 0 aliphatic carbocycles. The smallest absolute Gasteiger partial charge is 0.317 e. The Labute approximate surface area is 183 Å². The summed E-state index contributed by atoms with van der Waals surface area (Å²) in [6, 6.07) is 0. The number of rotatable bonds is 6. The summed E-state index contributed by atoms with van der Waals surface area (Å²) < 4.78 is 18.2. The van der Waals surface area contributed by atoms with Gasteiger partial charge in [-0.2, -0.15) is 0 Å². The molecule has 16 nitrogen and oxygen atoms in total. The lowest BCUT2D eigenvalue weighted by molar-refractivity contribution is -0.154. The number of carboxylic acids is 5. The van der Waals surface area contributed by atoms with Gasteiger partial charge in [-0.15, -0.1) is 0 Å². The summed E-state index contributed by atoms with van der Waals surface area (Å²) in [6.07, 6.45) is -1.27. The quantitative estimate of drug-likeness (QED) is 0.183. The summed E-state index contributed by atoms with van der Waals surface area (Å²) in [5, 5.41) is 38.8. The van der Waals surface area contributed by atoms with E-state index in [0.29, 0.717) is 0 Å². The Hall–Kier alpha value is -3.79. The number of carbonyl (C=O) groups excluding carboxylic acids is 2. The predicted molar refractivity (Wildman–Crippen MR) is 108 cm³/mol. The fourth-order valence-corrected chi connectivity index (χ4v) is 0.381. The number of aliphatic carboxylic acids is 5. The van der Waals surface area contributed by atoms with Gasteiger partial charge >= 0.3 is 23.9 Å². The van der Waals surface area contributed by atoms with Crippen molar-refractivity contribution in [2.24, 2.45) is 28.8 Å². The van der Waals surface area contributed by atoms with Crippen LogP contribution in [0.25, 0.3) is 0 Å². The van der Waals surface area contributed by atoms with Crippen LogP contribution >= 0.6 is 0 Å². The molecule has 0 aliphatic heterocycles. The Balaban J connectivity index is -0.0000000543. The summed E-state index contributed by atoms with van der Waals surface area (Å²) in [6.45, 7) is 2.20. The van der Waals surface area contributed by atoms with Crippen LogP contribution in [-0.4, -0.2) is 81.3 Å². The SMILES string of the molecule is CC(=O)O.CC(C(=O)O)C(=O)O.CN.CN.O=C(O)CC(=O)O.[3H]C.[3H]NC(=O)CC(=O)N[3H]. The highest BCUT2D eigenvalue weighted by Crippen LogP contribution is 1.91. The Bertz CT molecular complexity index is 537. The fraction of sp³-hybridized carbons (Fsp3) is 0.533. The summed E-state index contributed by atoms with van der Waals surface area (Å²) in [7, 11) is 4.25. The van der Waals surface area contributed by atoms with Gasteiger partial charge in [-0.3, -0.25) is 33.6 Å². The number of carboxylic acid groups (broad SMARTS) is 5. The molecule has 0 saturated carbocycles. The van der Waals surface area contributed by atoms with Crippen molar-refractivity contribution in [3.05, 3.63) is 0 Å². The van der Waals surface area contributed by atoms with Gasteiger partial charge in [0.1, 0.15) is 12.8 Å². The fourth-order valence-electron chi connectivity index (χ4n) is 0.381. The van der Waals surface area contributed by atoms with E-state index in [0.717, 1.165) is 13.8 Å². The van der Waals surface area contributed by atoms with Crippen molar-refractivity contribution >= 4 is 41.7 Å². The Morgan fingerprint density at radius 3 is 1.03 bits per heavy atom. The molecule has 186 valence electrons. The molecule has 2 amide bonds. The van der Waals surface area contributed by atoms with Crippen molar-refractivity contribution < 1.29 is 63.3 Å². The highest BCUT2D eigenvalue weighted by atomic mass is 16.4. The van der Waals surface area contributed by atoms with Crippen LogP contribution in [0.3, 0.4) is 0 Å². The van der Waals surface area contributed by atoms with Gasteiger partial charge in [0.05, 0.1) is 0 Å². The Kier molecular flexibility index (Phi) is 37.8. The lowest BCUT2D eigenvalue weighted by Crippen LogP contribution is -2.21. The molecule has 0 bridgehead atoms. The van der Waals surface area contributed by atoms with Gasteiger partial charge in [0, 0.05) is 8.29 Å². The summed E-state index contributed by atoms with van der Waals surface area (Å²) >= 11 is 0. The largest absolute Gasteiger partial charge is 0.481 e. The van der Waals surface area contributed by atoms with Gasteiger partial charge in [0.25, 0.3) is 5.97 Å². The van der Waals surface area contributed by atoms with Gasteiger partial charge in [-0.1, -0.05) is 7.40 Å². The predicted octanol–water partition coefficient (Wildman–Crippen LogP) is -2.44. The van der Waals surface area contributed by atoms with E-state index in [2.05, 4.69) is 11.5 Å². The Morgan fingerprint density at radius 1 is 0.742 bits per heavy atom. The maximum Gasteiger partial charge on any atom is 0.317 e. The van der Waals surface area contributed by atoms with E-state index in [4.69, 9.17) is 34.5 Å². The number of amides is 2. The van der Waals surface area contributed by atoms with Gasteiger partial charge in [0.2, 0.25) is 11.8 Å². The van der Waals surface area contributed by atoms with Crippen LogP contribution in [0.4, 0.5) is 0 Å². The minimum Gasteiger partial charge on any atom is -0.481 e. The zero-order valence-electron chi connectivity index (χ0n) is 20.7. The standard InChI is InChI=1S/C4H6O4.C3H6N2O2.C3H4O4.C2H4O2.2CH5N.CH4/c1-2(3(5)6)4(7)8;4-2(6)1-3(5)7;4-2(5)1-3(6)7;1-2(3)4;2*1-2;/h2H,1H3,(H,5,6)(H,7,8);1H2,(H2,4,6)(H2,5,7);1H2,(H,4,5)(H,6,7);1H3,(H,3,4);2*2H2,1H3;1H4/i;;;;;;1T/hT2. The summed E-state index contributed by atoms with van der Waals surface area (Å²) in [5.41, 5.74) is 12.0. The molecule has 0 spiro atoms. The van der Waals surface area contributed by atoms with Gasteiger partial charge in [-0.05, 0) is 21.0 Å². The molecule has 0 aromatic rings. The molecule has 0 rings (SSSR count). The van der Waals surface area contributed by atoms with Crippen molar-refractivity contribution in [3.8, 4) is 0 Å². The van der Waals surface area contributed by atoms with E-state index < -0.39 is 60.4 Å². The molecule has 0 aromatic carbocycles. The first-order valence-corrected chi connectivity index (χ1v) is 7.27. The maximum absolute atomic E-state index is 10.1. The highest BCUT2D eigenvalue weighted by molar-refractivity contribution is 5.95. The molecular formula is C15H34N4O12. The van der Waals surface area contributed by atoms with E-state index >= 15 is 0 Å². The number of primary amides is 2. The van der Waals surface area contributed by atoms with Crippen molar-refractivity contribution in [2.75, 3.05) is 14.1 Å². The lowest BCUT2D eigenvalue weighted by atomic mass is 10.2. The van der Waals surface area contributed by atoms with E-state index in [1.54, 1.807) is 0 Å². The van der Waals surface area contributed by atoms with Gasteiger partial charge in [0.15, 0.2) is 8.74 Å². The van der Waals surface area contributed by atoms with Crippen molar-refractivity contribution in [3.63, 3.8) is 0 Å². The third kappa shape index (κ3) is 103. The first-order chi connectivity index (χ1) is 15.6. The van der Waals surface area contributed by atoms with E-state index in [9.17, 15) is 28.8 Å². The summed E-state index contributed by atoms with van der Waals surface area (Å²) in [4.78, 5) is 67.7. The van der Waals surface area contributed by atoms with Crippen molar-refractivity contribution in [2.45, 2.75) is 34.1 Å². The number of hydrogen-bond donors (Lipinski definition) is 9. The molecular weight excluding hydrogens is 428 g/mol. The molecule has 0 fully saturated rings. The maximum atomic E-state index is 10.1. The molecule has 13 N–H and O–H groups in total. The van der Waals surface area contributed by atoms with E-state index in [1.165, 1.54) is 33.0 Å². The summed E-state index contributed by atoms with van der Waals surface area (Å²) in [5.74, 6) is -8.82. The second-order valence-corrected chi connectivity index (χ2v) is 3.90. The van der Waals surface area contributed by atoms with Crippen LogP contribution < -0.4 is 22.9 Å². The van der Waals surface area contributed by atoms with Crippen molar-refractivity contribution in [1.29, 1.82) is 0 Å². The van der Waals surface area contributed by atoms with E-state index in [-0.39, 0.29) is 0 Å². The second-order valence-electron chi connectivity index (χ2n) is 3.90. The number of nitrogens with two attached hydrogens (primary N) is 4. The lowest BCUT2D eigenvalue weighted by Gasteiger charge is -1.94. The normalized spacial score (nSPS) is 8.06. The van der Waals surface area contributed by atoms with Crippen LogP contribution in [-0.2, 0) is 33.6 Å². The van der Waals surface area contributed by atoms with Crippen LogP contribution in [0.5, 0.6) is 0 Å². The van der Waals surface area contributed by atoms with Crippen LogP contribution in [0, 0.1) is 5.92 Å². The van der Waals surface area contributed by atoms with E-state index in [1.807, 2.05) is 0 Å². The first-order valence-electron chi connectivity index (χ1n) is 9.27. The molecule has 0 radical (unpaired) electrons. The molecule has 0 atom stereocenters. The monoisotopic (exact) mass is 468 g/mol. The topological polar surface area (TPSA) is 325 Å². The average Bonchev–Trinajstić information content (AvgIpc) is 2.76. The molecule has 0 aliphatic rings. The molecule has 0 heterocycles. The molecule has 0 saturated heterocycles. The Morgan fingerprint density at radius 2 is 0.968 bits per heavy atom. The zero-order valence-corrected chi connectivity index (χ0v) is 17.7. The molecule has 0 aromatic heterocycles. The third-order valence-electron chi connectivity index (χ3n) is 1.36. The van der Waals surface area contributed by atoms with Crippen LogP contribution in [0.15, 0.2) is 0 Å². The third-order valence-corrected chi connectivity index (χ3v) is 1.36. The number of carbonyl (C=O) groups is 7. The molecule has 31 heavy (non-hydrogen) atoms.